The SMILES string of the molecule is COc1cccc(CC(=O)N2CCc3ccc(NC(=O)[C@@H](C)N)cc32)c1. The minimum Gasteiger partial charge on any atom is -0.497 e. The smallest absolute Gasteiger partial charge is 0.240 e. The van der Waals surface area contributed by atoms with Crippen LogP contribution >= 0.6 is 0 Å². The van der Waals surface area contributed by atoms with Crippen molar-refractivity contribution in [3.63, 3.8) is 0 Å². The minimum absolute atomic E-state index is 0.0210. The van der Waals surface area contributed by atoms with Gasteiger partial charge in [0.05, 0.1) is 19.6 Å². The van der Waals surface area contributed by atoms with Crippen LogP contribution in [0, 0.1) is 0 Å². The third-order valence-corrected chi connectivity index (χ3v) is 4.45. The molecule has 6 heteroatoms. The van der Waals surface area contributed by atoms with Crippen LogP contribution in [0.1, 0.15) is 18.1 Å². The second-order valence-electron chi connectivity index (χ2n) is 6.45. The Labute approximate surface area is 152 Å². The van der Waals surface area contributed by atoms with Crippen LogP contribution < -0.4 is 20.7 Å². The van der Waals surface area contributed by atoms with Gasteiger partial charge in [0, 0.05) is 17.9 Å². The third-order valence-electron chi connectivity index (χ3n) is 4.45. The highest BCUT2D eigenvalue weighted by Crippen LogP contribution is 2.31. The second-order valence-corrected chi connectivity index (χ2v) is 6.45. The summed E-state index contributed by atoms with van der Waals surface area (Å²) in [4.78, 5) is 26.4. The van der Waals surface area contributed by atoms with Gasteiger partial charge < -0.3 is 20.7 Å². The van der Waals surface area contributed by atoms with Crippen molar-refractivity contribution in [2.75, 3.05) is 23.9 Å². The molecule has 0 aromatic heterocycles. The number of rotatable bonds is 5. The zero-order valence-corrected chi connectivity index (χ0v) is 15.0. The average molecular weight is 353 g/mol. The van der Waals surface area contributed by atoms with E-state index in [0.717, 1.165) is 29.0 Å². The Bertz CT molecular complexity index is 833. The normalized spacial score (nSPS) is 13.9. The number of nitrogens with zero attached hydrogens (tertiary/aromatic N) is 1. The van der Waals surface area contributed by atoms with Gasteiger partial charge in [0.25, 0.3) is 0 Å². The minimum atomic E-state index is -0.589. The fourth-order valence-corrected chi connectivity index (χ4v) is 3.02. The van der Waals surface area contributed by atoms with Gasteiger partial charge in [0.1, 0.15) is 5.75 Å². The van der Waals surface area contributed by atoms with E-state index in [4.69, 9.17) is 10.5 Å². The van der Waals surface area contributed by atoms with Gasteiger partial charge in [-0.25, -0.2) is 0 Å². The number of amides is 2. The Balaban J connectivity index is 1.77. The molecular formula is C20H23N3O3. The molecule has 2 aromatic carbocycles. The molecule has 1 heterocycles. The van der Waals surface area contributed by atoms with Gasteiger partial charge >= 0.3 is 0 Å². The maximum atomic E-state index is 12.8. The number of methoxy groups -OCH3 is 1. The lowest BCUT2D eigenvalue weighted by molar-refractivity contribution is -0.118. The van der Waals surface area contributed by atoms with Crippen LogP contribution in [0.2, 0.25) is 0 Å². The van der Waals surface area contributed by atoms with Crippen LogP contribution in [-0.2, 0) is 22.4 Å². The van der Waals surface area contributed by atoms with Crippen LogP contribution in [0.5, 0.6) is 5.75 Å². The standard InChI is InChI=1S/C20H23N3O3/c1-13(21)20(25)22-16-7-6-15-8-9-23(18(15)12-16)19(24)11-14-4-3-5-17(10-14)26-2/h3-7,10,12-13H,8-9,11,21H2,1-2H3,(H,22,25)/t13-/m1/s1. The highest BCUT2D eigenvalue weighted by atomic mass is 16.5. The van der Waals surface area contributed by atoms with E-state index in [1.54, 1.807) is 18.9 Å². The summed E-state index contributed by atoms with van der Waals surface area (Å²) < 4.78 is 5.21. The van der Waals surface area contributed by atoms with Crippen LogP contribution in [0.3, 0.4) is 0 Å². The van der Waals surface area contributed by atoms with Crippen molar-refractivity contribution in [1.82, 2.24) is 0 Å². The van der Waals surface area contributed by atoms with E-state index >= 15 is 0 Å². The largest absolute Gasteiger partial charge is 0.497 e. The first-order valence-corrected chi connectivity index (χ1v) is 8.60. The number of ether oxygens (including phenoxy) is 1. The van der Waals surface area contributed by atoms with Gasteiger partial charge in [0.15, 0.2) is 0 Å². The van der Waals surface area contributed by atoms with Crippen molar-refractivity contribution < 1.29 is 14.3 Å². The predicted molar refractivity (Wildman–Crippen MR) is 101 cm³/mol. The van der Waals surface area contributed by atoms with Gasteiger partial charge in [-0.15, -0.1) is 0 Å². The lowest BCUT2D eigenvalue weighted by atomic mass is 10.1. The molecule has 0 radical (unpaired) electrons. The van der Waals surface area contributed by atoms with Crippen molar-refractivity contribution in [3.05, 3.63) is 53.6 Å². The van der Waals surface area contributed by atoms with E-state index in [9.17, 15) is 9.59 Å². The average Bonchev–Trinajstić information content (AvgIpc) is 3.05. The van der Waals surface area contributed by atoms with E-state index in [1.807, 2.05) is 42.5 Å². The molecule has 26 heavy (non-hydrogen) atoms. The molecule has 3 N–H and O–H groups in total. The molecule has 0 saturated carbocycles. The van der Waals surface area contributed by atoms with E-state index in [-0.39, 0.29) is 11.8 Å². The van der Waals surface area contributed by atoms with Gasteiger partial charge in [0.2, 0.25) is 11.8 Å². The zero-order chi connectivity index (χ0) is 18.7. The molecule has 6 nitrogen and oxygen atoms in total. The number of nitrogens with one attached hydrogen (secondary N) is 1. The molecule has 0 spiro atoms. The number of carbonyl (C=O) groups excluding carboxylic acids is 2. The summed E-state index contributed by atoms with van der Waals surface area (Å²) >= 11 is 0. The number of carbonyl (C=O) groups is 2. The van der Waals surface area contributed by atoms with Gasteiger partial charge in [-0.05, 0) is 48.7 Å². The number of fused-ring (bicyclic) bond motifs is 1. The monoisotopic (exact) mass is 353 g/mol. The molecule has 0 fully saturated rings. The summed E-state index contributed by atoms with van der Waals surface area (Å²) in [5.41, 5.74) is 9.09. The van der Waals surface area contributed by atoms with Crippen molar-refractivity contribution in [2.24, 2.45) is 5.73 Å². The maximum absolute atomic E-state index is 12.8. The summed E-state index contributed by atoms with van der Waals surface area (Å²) in [6, 6.07) is 12.6. The van der Waals surface area contributed by atoms with Gasteiger partial charge in [-0.1, -0.05) is 18.2 Å². The van der Waals surface area contributed by atoms with Crippen LogP contribution in [0.4, 0.5) is 11.4 Å². The number of benzene rings is 2. The zero-order valence-electron chi connectivity index (χ0n) is 15.0. The molecule has 0 saturated heterocycles. The van der Waals surface area contributed by atoms with Crippen molar-refractivity contribution in [2.45, 2.75) is 25.8 Å². The second kappa shape index (κ2) is 7.58. The number of hydrogen-bond acceptors (Lipinski definition) is 4. The lowest BCUT2D eigenvalue weighted by Gasteiger charge is -2.19. The summed E-state index contributed by atoms with van der Waals surface area (Å²) in [5, 5.41) is 2.78. The summed E-state index contributed by atoms with van der Waals surface area (Å²) in [5.74, 6) is 0.503. The molecule has 0 bridgehead atoms. The first-order valence-electron chi connectivity index (χ1n) is 8.60. The van der Waals surface area contributed by atoms with Crippen molar-refractivity contribution >= 4 is 23.2 Å². The Hall–Kier alpha value is -2.86. The fourth-order valence-electron chi connectivity index (χ4n) is 3.02. The molecule has 136 valence electrons. The molecule has 1 aliphatic rings. The summed E-state index contributed by atoms with van der Waals surface area (Å²) in [6.07, 6.45) is 1.10. The molecule has 2 aromatic rings. The molecule has 1 atom stereocenters. The van der Waals surface area contributed by atoms with E-state index < -0.39 is 6.04 Å². The molecule has 3 rings (SSSR count). The maximum Gasteiger partial charge on any atom is 0.240 e. The Kier molecular flexibility index (Phi) is 5.23. The fraction of sp³-hybridized carbons (Fsp3) is 0.300. The van der Waals surface area contributed by atoms with Crippen molar-refractivity contribution in [1.29, 1.82) is 0 Å². The quantitative estimate of drug-likeness (QED) is 0.862. The molecule has 2 amide bonds. The van der Waals surface area contributed by atoms with E-state index in [1.165, 1.54) is 0 Å². The van der Waals surface area contributed by atoms with E-state index in [2.05, 4.69) is 5.32 Å². The predicted octanol–water partition coefficient (Wildman–Crippen LogP) is 2.11. The highest BCUT2D eigenvalue weighted by molar-refractivity contribution is 5.99. The number of nitrogens with two attached hydrogens (primary N) is 1. The van der Waals surface area contributed by atoms with E-state index in [0.29, 0.717) is 18.7 Å². The highest BCUT2D eigenvalue weighted by Gasteiger charge is 2.25. The topological polar surface area (TPSA) is 84.7 Å². The Morgan fingerprint density at radius 2 is 2.08 bits per heavy atom. The number of hydrogen-bond donors (Lipinski definition) is 2. The first kappa shape index (κ1) is 17.9. The third kappa shape index (κ3) is 3.86. The number of anilines is 2. The summed E-state index contributed by atoms with van der Waals surface area (Å²) in [7, 11) is 1.61. The van der Waals surface area contributed by atoms with Gasteiger partial charge in [-0.2, -0.15) is 0 Å². The van der Waals surface area contributed by atoms with Crippen LogP contribution in [0.15, 0.2) is 42.5 Å². The lowest BCUT2D eigenvalue weighted by Crippen LogP contribution is -2.32. The summed E-state index contributed by atoms with van der Waals surface area (Å²) in [6.45, 7) is 2.27. The molecule has 0 unspecified atom stereocenters. The van der Waals surface area contributed by atoms with Crippen LogP contribution in [-0.4, -0.2) is 31.5 Å². The van der Waals surface area contributed by atoms with Crippen molar-refractivity contribution in [3.8, 4) is 5.75 Å². The molecular weight excluding hydrogens is 330 g/mol. The van der Waals surface area contributed by atoms with Crippen LogP contribution in [0.25, 0.3) is 0 Å². The van der Waals surface area contributed by atoms with Gasteiger partial charge in [-0.3, -0.25) is 9.59 Å². The Morgan fingerprint density at radius 3 is 2.81 bits per heavy atom. The molecule has 1 aliphatic heterocycles. The first-order chi connectivity index (χ1) is 12.5. The molecule has 0 aliphatic carbocycles. The Morgan fingerprint density at radius 1 is 1.27 bits per heavy atom.